The fourth-order valence-corrected chi connectivity index (χ4v) is 2.21. The van der Waals surface area contributed by atoms with Crippen LogP contribution >= 0.6 is 22.9 Å². The van der Waals surface area contributed by atoms with Crippen LogP contribution in [-0.4, -0.2) is 4.98 Å². The van der Waals surface area contributed by atoms with Crippen molar-refractivity contribution in [2.24, 2.45) is 0 Å². The highest BCUT2D eigenvalue weighted by Gasteiger charge is 2.02. The Morgan fingerprint density at radius 2 is 2.24 bits per heavy atom. The van der Waals surface area contributed by atoms with Crippen LogP contribution in [0.3, 0.4) is 0 Å². The van der Waals surface area contributed by atoms with Crippen molar-refractivity contribution >= 4 is 22.9 Å². The minimum absolute atomic E-state index is 0.0679. The Balaban J connectivity index is 1.92. The van der Waals surface area contributed by atoms with E-state index in [0.717, 1.165) is 22.6 Å². The SMILES string of the molecule is O=c1[nH]c(CNCc2ccc(F)cc2Cl)cs1. The maximum Gasteiger partial charge on any atom is 0.304 e. The molecule has 3 nitrogen and oxygen atoms in total. The third kappa shape index (κ3) is 3.39. The summed E-state index contributed by atoms with van der Waals surface area (Å²) >= 11 is 7.01. The molecular weight excluding hydrogens is 263 g/mol. The van der Waals surface area contributed by atoms with Gasteiger partial charge < -0.3 is 10.3 Å². The van der Waals surface area contributed by atoms with Gasteiger partial charge >= 0.3 is 4.87 Å². The molecule has 2 aromatic rings. The lowest BCUT2D eigenvalue weighted by Gasteiger charge is -2.05. The monoisotopic (exact) mass is 272 g/mol. The van der Waals surface area contributed by atoms with E-state index >= 15 is 0 Å². The summed E-state index contributed by atoms with van der Waals surface area (Å²) in [5.41, 5.74) is 1.66. The number of thiazole rings is 1. The van der Waals surface area contributed by atoms with E-state index < -0.39 is 0 Å². The van der Waals surface area contributed by atoms with Crippen molar-refractivity contribution in [1.29, 1.82) is 0 Å². The molecule has 17 heavy (non-hydrogen) atoms. The topological polar surface area (TPSA) is 44.9 Å². The molecule has 0 atom stereocenters. The van der Waals surface area contributed by atoms with Crippen molar-refractivity contribution in [3.05, 3.63) is 55.3 Å². The molecule has 6 heteroatoms. The van der Waals surface area contributed by atoms with Crippen LogP contribution in [0.2, 0.25) is 5.02 Å². The van der Waals surface area contributed by atoms with Gasteiger partial charge in [-0.25, -0.2) is 4.39 Å². The first-order valence-corrected chi connectivity index (χ1v) is 6.22. The molecule has 2 N–H and O–H groups in total. The standard InChI is InChI=1S/C11H10ClFN2OS/c12-10-3-8(13)2-1-7(10)4-14-5-9-6-17-11(16)15-9/h1-3,6,14H,4-5H2,(H,15,16). The minimum Gasteiger partial charge on any atom is -0.315 e. The van der Waals surface area contributed by atoms with Gasteiger partial charge in [-0.05, 0) is 17.7 Å². The van der Waals surface area contributed by atoms with Gasteiger partial charge in [0.1, 0.15) is 5.82 Å². The molecule has 0 bridgehead atoms. The van der Waals surface area contributed by atoms with Crippen molar-refractivity contribution < 1.29 is 4.39 Å². The Labute approximate surface area is 106 Å². The molecule has 90 valence electrons. The minimum atomic E-state index is -0.346. The Hall–Kier alpha value is -1.17. The van der Waals surface area contributed by atoms with Gasteiger partial charge in [0, 0.05) is 29.2 Å². The lowest BCUT2D eigenvalue weighted by Crippen LogP contribution is -2.14. The zero-order chi connectivity index (χ0) is 12.3. The van der Waals surface area contributed by atoms with Crippen LogP contribution in [0.15, 0.2) is 28.4 Å². The van der Waals surface area contributed by atoms with E-state index in [1.807, 2.05) is 0 Å². The summed E-state index contributed by atoms with van der Waals surface area (Å²) in [6, 6.07) is 4.29. The molecule has 0 unspecified atom stereocenters. The van der Waals surface area contributed by atoms with Crippen molar-refractivity contribution in [2.45, 2.75) is 13.1 Å². The van der Waals surface area contributed by atoms with Crippen molar-refractivity contribution in [1.82, 2.24) is 10.3 Å². The van der Waals surface area contributed by atoms with E-state index in [9.17, 15) is 9.18 Å². The second-order valence-corrected chi connectivity index (χ2v) is 4.76. The Morgan fingerprint density at radius 3 is 2.88 bits per heavy atom. The normalized spacial score (nSPS) is 10.7. The van der Waals surface area contributed by atoms with Gasteiger partial charge in [0.25, 0.3) is 0 Å². The van der Waals surface area contributed by atoms with Crippen LogP contribution in [0.25, 0.3) is 0 Å². The number of hydrogen-bond donors (Lipinski definition) is 2. The Morgan fingerprint density at radius 1 is 1.41 bits per heavy atom. The second kappa shape index (κ2) is 5.44. The van der Waals surface area contributed by atoms with Crippen molar-refractivity contribution in [2.75, 3.05) is 0 Å². The van der Waals surface area contributed by atoms with Crippen LogP contribution in [0.4, 0.5) is 4.39 Å². The van der Waals surface area contributed by atoms with Gasteiger partial charge in [0.15, 0.2) is 0 Å². The molecule has 1 heterocycles. The Bertz CT molecular complexity index is 567. The third-order valence-electron chi connectivity index (χ3n) is 2.22. The maximum absolute atomic E-state index is 12.8. The average molecular weight is 273 g/mol. The van der Waals surface area contributed by atoms with Gasteiger partial charge in [-0.2, -0.15) is 0 Å². The summed E-state index contributed by atoms with van der Waals surface area (Å²) in [4.78, 5) is 13.5. The first-order valence-electron chi connectivity index (χ1n) is 4.96. The molecule has 0 saturated carbocycles. The van der Waals surface area contributed by atoms with E-state index in [1.54, 1.807) is 11.4 Å². The molecule has 0 aliphatic carbocycles. The number of halogens is 2. The molecular formula is C11H10ClFN2OS. The number of H-pyrrole nitrogens is 1. The van der Waals surface area contributed by atoms with E-state index in [0.29, 0.717) is 18.1 Å². The summed E-state index contributed by atoms with van der Waals surface area (Å²) in [7, 11) is 0. The highest BCUT2D eigenvalue weighted by molar-refractivity contribution is 7.07. The molecule has 0 fully saturated rings. The number of rotatable bonds is 4. The quantitative estimate of drug-likeness (QED) is 0.898. The number of aromatic amines is 1. The fraction of sp³-hybridized carbons (Fsp3) is 0.182. The number of hydrogen-bond acceptors (Lipinski definition) is 3. The molecule has 0 amide bonds. The highest BCUT2D eigenvalue weighted by Crippen LogP contribution is 2.16. The summed E-state index contributed by atoms with van der Waals surface area (Å²) in [6.45, 7) is 1.07. The van der Waals surface area contributed by atoms with Gasteiger partial charge in [-0.3, -0.25) is 4.79 Å². The van der Waals surface area contributed by atoms with Crippen LogP contribution in [0.5, 0.6) is 0 Å². The predicted octanol–water partition coefficient (Wildman–Crippen LogP) is 2.52. The molecule has 1 aromatic heterocycles. The first kappa shape index (κ1) is 12.3. The maximum atomic E-state index is 12.8. The van der Waals surface area contributed by atoms with Crippen LogP contribution in [0.1, 0.15) is 11.3 Å². The van der Waals surface area contributed by atoms with Gasteiger partial charge in [-0.15, -0.1) is 0 Å². The lowest BCUT2D eigenvalue weighted by atomic mass is 10.2. The van der Waals surface area contributed by atoms with Crippen molar-refractivity contribution in [3.8, 4) is 0 Å². The lowest BCUT2D eigenvalue weighted by molar-refractivity contribution is 0.624. The zero-order valence-corrected chi connectivity index (χ0v) is 10.4. The van der Waals surface area contributed by atoms with E-state index in [-0.39, 0.29) is 10.7 Å². The van der Waals surface area contributed by atoms with Crippen LogP contribution in [0, 0.1) is 5.82 Å². The summed E-state index contributed by atoms with van der Waals surface area (Å²) in [5, 5.41) is 5.29. The molecule has 0 aliphatic rings. The van der Waals surface area contributed by atoms with Crippen molar-refractivity contribution in [3.63, 3.8) is 0 Å². The van der Waals surface area contributed by atoms with Gasteiger partial charge in [0.2, 0.25) is 0 Å². The van der Waals surface area contributed by atoms with Crippen LogP contribution < -0.4 is 10.2 Å². The Kier molecular flexibility index (Phi) is 3.93. The third-order valence-corrected chi connectivity index (χ3v) is 3.29. The van der Waals surface area contributed by atoms with E-state index in [2.05, 4.69) is 10.3 Å². The fourth-order valence-electron chi connectivity index (χ4n) is 1.40. The van der Waals surface area contributed by atoms with Crippen LogP contribution in [-0.2, 0) is 13.1 Å². The summed E-state index contributed by atoms with van der Waals surface area (Å²) in [6.07, 6.45) is 0. The first-order chi connectivity index (χ1) is 8.15. The van der Waals surface area contributed by atoms with Gasteiger partial charge in [0.05, 0.1) is 0 Å². The molecule has 2 rings (SSSR count). The molecule has 1 aromatic carbocycles. The highest BCUT2D eigenvalue weighted by atomic mass is 35.5. The van der Waals surface area contributed by atoms with Gasteiger partial charge in [-0.1, -0.05) is 29.0 Å². The number of benzene rings is 1. The van der Waals surface area contributed by atoms with E-state index in [4.69, 9.17) is 11.6 Å². The zero-order valence-electron chi connectivity index (χ0n) is 8.80. The number of aromatic nitrogens is 1. The molecule has 0 saturated heterocycles. The molecule has 0 spiro atoms. The number of nitrogens with one attached hydrogen (secondary N) is 2. The smallest absolute Gasteiger partial charge is 0.304 e. The molecule has 0 aliphatic heterocycles. The average Bonchev–Trinajstić information content (AvgIpc) is 2.68. The largest absolute Gasteiger partial charge is 0.315 e. The summed E-state index contributed by atoms with van der Waals surface area (Å²) in [5.74, 6) is -0.346. The summed E-state index contributed by atoms with van der Waals surface area (Å²) < 4.78 is 12.8. The predicted molar refractivity (Wildman–Crippen MR) is 66.9 cm³/mol. The second-order valence-electron chi connectivity index (χ2n) is 3.51. The molecule has 0 radical (unpaired) electrons. The van der Waals surface area contributed by atoms with E-state index in [1.165, 1.54) is 12.1 Å².